The molecular weight excluding hydrogens is 342 g/mol. The van der Waals surface area contributed by atoms with Crippen molar-refractivity contribution in [3.05, 3.63) is 65.2 Å². The Bertz CT molecular complexity index is 757. The second-order valence-corrected chi connectivity index (χ2v) is 9.08. The molecule has 0 aliphatic heterocycles. The van der Waals surface area contributed by atoms with Gasteiger partial charge in [0.25, 0.3) is 0 Å². The Kier molecular flexibility index (Phi) is 6.05. The molecule has 2 aromatic rings. The Morgan fingerprint density at radius 2 is 1.85 bits per heavy atom. The van der Waals surface area contributed by atoms with Gasteiger partial charge in [0.1, 0.15) is 0 Å². The number of hydrogen-bond acceptors (Lipinski definition) is 3. The molecule has 1 unspecified atom stereocenters. The van der Waals surface area contributed by atoms with Gasteiger partial charge in [-0.1, -0.05) is 50.2 Å². The molecule has 138 valence electrons. The van der Waals surface area contributed by atoms with Crippen LogP contribution in [0.3, 0.4) is 0 Å². The molecule has 1 atom stereocenters. The van der Waals surface area contributed by atoms with Crippen molar-refractivity contribution in [2.24, 2.45) is 0 Å². The van der Waals surface area contributed by atoms with Crippen LogP contribution < -0.4 is 5.32 Å². The summed E-state index contributed by atoms with van der Waals surface area (Å²) in [7, 11) is 0. The molecule has 1 aliphatic carbocycles. The molecule has 0 radical (unpaired) electrons. The normalized spacial score (nSPS) is 19.2. The Labute approximate surface area is 160 Å². The standard InChI is InChI=1S/C22H27NO2S/c1-16(2)26-20-9-7-17(8-10-20)13-21(24)23-15-22(25)12-11-18-5-3-4-6-19(18)14-22/h3-10,16,25H,11-15H2,1-2H3,(H,23,24). The predicted molar refractivity (Wildman–Crippen MR) is 108 cm³/mol. The number of rotatable bonds is 6. The molecule has 1 aliphatic rings. The number of hydrogen-bond donors (Lipinski definition) is 2. The van der Waals surface area contributed by atoms with Gasteiger partial charge in [-0.2, -0.15) is 0 Å². The lowest BCUT2D eigenvalue weighted by molar-refractivity contribution is -0.121. The van der Waals surface area contributed by atoms with Gasteiger partial charge in [0.05, 0.1) is 12.0 Å². The second-order valence-electron chi connectivity index (χ2n) is 7.43. The highest BCUT2D eigenvalue weighted by molar-refractivity contribution is 7.99. The summed E-state index contributed by atoms with van der Waals surface area (Å²) < 4.78 is 0. The molecule has 0 spiro atoms. The smallest absolute Gasteiger partial charge is 0.224 e. The van der Waals surface area contributed by atoms with E-state index in [4.69, 9.17) is 0 Å². The number of carbonyl (C=O) groups is 1. The fourth-order valence-electron chi connectivity index (χ4n) is 3.40. The minimum absolute atomic E-state index is 0.0402. The Morgan fingerprint density at radius 1 is 1.15 bits per heavy atom. The van der Waals surface area contributed by atoms with Crippen LogP contribution in [0.15, 0.2) is 53.4 Å². The fourth-order valence-corrected chi connectivity index (χ4v) is 4.24. The summed E-state index contributed by atoms with van der Waals surface area (Å²) >= 11 is 1.82. The zero-order valence-corrected chi connectivity index (χ0v) is 16.3. The van der Waals surface area contributed by atoms with Crippen molar-refractivity contribution in [3.8, 4) is 0 Å². The summed E-state index contributed by atoms with van der Waals surface area (Å²) in [5, 5.41) is 14.3. The van der Waals surface area contributed by atoms with Crippen molar-refractivity contribution in [1.29, 1.82) is 0 Å². The monoisotopic (exact) mass is 369 g/mol. The Morgan fingerprint density at radius 3 is 2.54 bits per heavy atom. The van der Waals surface area contributed by atoms with Gasteiger partial charge in [0.15, 0.2) is 0 Å². The van der Waals surface area contributed by atoms with Gasteiger partial charge in [0, 0.05) is 23.1 Å². The molecule has 0 saturated heterocycles. The molecule has 0 aromatic heterocycles. The third kappa shape index (κ3) is 5.12. The zero-order chi connectivity index (χ0) is 18.6. The molecule has 3 rings (SSSR count). The van der Waals surface area contributed by atoms with Crippen molar-refractivity contribution >= 4 is 17.7 Å². The van der Waals surface area contributed by atoms with E-state index in [9.17, 15) is 9.90 Å². The second kappa shape index (κ2) is 8.28. The molecule has 4 heteroatoms. The molecule has 26 heavy (non-hydrogen) atoms. The third-order valence-corrected chi connectivity index (χ3v) is 5.79. The number of carbonyl (C=O) groups excluding carboxylic acids is 1. The van der Waals surface area contributed by atoms with E-state index in [-0.39, 0.29) is 5.91 Å². The number of nitrogens with one attached hydrogen (secondary N) is 1. The topological polar surface area (TPSA) is 49.3 Å². The molecule has 3 nitrogen and oxygen atoms in total. The summed E-state index contributed by atoms with van der Waals surface area (Å²) in [6, 6.07) is 16.4. The molecule has 0 heterocycles. The summed E-state index contributed by atoms with van der Waals surface area (Å²) in [5.74, 6) is -0.0402. The quantitative estimate of drug-likeness (QED) is 0.762. The molecule has 2 aromatic carbocycles. The maximum Gasteiger partial charge on any atom is 0.224 e. The number of aliphatic hydroxyl groups is 1. The van der Waals surface area contributed by atoms with E-state index in [1.165, 1.54) is 16.0 Å². The van der Waals surface area contributed by atoms with Gasteiger partial charge < -0.3 is 10.4 Å². The van der Waals surface area contributed by atoms with Gasteiger partial charge in [-0.25, -0.2) is 0 Å². The maximum absolute atomic E-state index is 12.3. The Balaban J connectivity index is 1.51. The predicted octanol–water partition coefficient (Wildman–Crippen LogP) is 3.77. The van der Waals surface area contributed by atoms with Crippen LogP contribution in [0.25, 0.3) is 0 Å². The largest absolute Gasteiger partial charge is 0.388 e. The van der Waals surface area contributed by atoms with Gasteiger partial charge in [-0.15, -0.1) is 11.8 Å². The first-order valence-electron chi connectivity index (χ1n) is 9.25. The molecule has 0 saturated carbocycles. The highest BCUT2D eigenvalue weighted by Gasteiger charge is 2.32. The number of aryl methyl sites for hydroxylation is 1. The van der Waals surface area contributed by atoms with Crippen LogP contribution in [0, 0.1) is 0 Å². The van der Waals surface area contributed by atoms with E-state index in [0.717, 1.165) is 12.0 Å². The number of fused-ring (bicyclic) bond motifs is 1. The van der Waals surface area contributed by atoms with Crippen LogP contribution in [0.1, 0.15) is 37.0 Å². The minimum Gasteiger partial charge on any atom is -0.388 e. The lowest BCUT2D eigenvalue weighted by Gasteiger charge is -2.33. The van der Waals surface area contributed by atoms with Crippen LogP contribution in [-0.4, -0.2) is 28.4 Å². The first kappa shape index (κ1) is 19.0. The highest BCUT2D eigenvalue weighted by Crippen LogP contribution is 2.28. The molecule has 0 bridgehead atoms. The van der Waals surface area contributed by atoms with Crippen LogP contribution >= 0.6 is 11.8 Å². The van der Waals surface area contributed by atoms with E-state index >= 15 is 0 Å². The first-order valence-corrected chi connectivity index (χ1v) is 10.1. The van der Waals surface area contributed by atoms with Crippen molar-refractivity contribution < 1.29 is 9.90 Å². The fraction of sp³-hybridized carbons (Fsp3) is 0.409. The van der Waals surface area contributed by atoms with Crippen molar-refractivity contribution in [1.82, 2.24) is 5.32 Å². The number of thioether (sulfide) groups is 1. The van der Waals surface area contributed by atoms with Gasteiger partial charge in [0.2, 0.25) is 5.91 Å². The first-order chi connectivity index (χ1) is 12.4. The molecule has 2 N–H and O–H groups in total. The highest BCUT2D eigenvalue weighted by atomic mass is 32.2. The summed E-state index contributed by atoms with van der Waals surface area (Å²) in [4.78, 5) is 13.5. The SMILES string of the molecule is CC(C)Sc1ccc(CC(=O)NCC2(O)CCc3ccccc3C2)cc1. The molecular formula is C22H27NO2S. The van der Waals surface area contributed by atoms with Crippen molar-refractivity contribution in [3.63, 3.8) is 0 Å². The number of benzene rings is 2. The third-order valence-electron chi connectivity index (χ3n) is 4.77. The van der Waals surface area contributed by atoms with E-state index in [1.807, 2.05) is 36.0 Å². The molecule has 0 fully saturated rings. The van der Waals surface area contributed by atoms with Crippen LogP contribution in [0.2, 0.25) is 0 Å². The van der Waals surface area contributed by atoms with Crippen LogP contribution in [-0.2, 0) is 24.1 Å². The summed E-state index contributed by atoms with van der Waals surface area (Å²) in [6.07, 6.45) is 2.49. The van der Waals surface area contributed by atoms with E-state index < -0.39 is 5.60 Å². The van der Waals surface area contributed by atoms with Crippen molar-refractivity contribution in [2.75, 3.05) is 6.54 Å². The minimum atomic E-state index is -0.845. The maximum atomic E-state index is 12.3. The lowest BCUT2D eigenvalue weighted by atomic mass is 9.80. The average molecular weight is 370 g/mol. The van der Waals surface area contributed by atoms with Crippen molar-refractivity contribution in [2.45, 2.75) is 55.3 Å². The van der Waals surface area contributed by atoms with Crippen LogP contribution in [0.4, 0.5) is 0 Å². The van der Waals surface area contributed by atoms with E-state index in [2.05, 4.69) is 43.4 Å². The van der Waals surface area contributed by atoms with E-state index in [0.29, 0.717) is 31.1 Å². The summed E-state index contributed by atoms with van der Waals surface area (Å²) in [6.45, 7) is 4.64. The van der Waals surface area contributed by atoms with Crippen LogP contribution in [0.5, 0.6) is 0 Å². The van der Waals surface area contributed by atoms with Gasteiger partial charge in [-0.3, -0.25) is 4.79 Å². The summed E-state index contributed by atoms with van der Waals surface area (Å²) in [5.41, 5.74) is 2.65. The zero-order valence-electron chi connectivity index (χ0n) is 15.5. The average Bonchev–Trinajstić information content (AvgIpc) is 2.61. The molecule has 1 amide bonds. The van der Waals surface area contributed by atoms with Gasteiger partial charge in [-0.05, 0) is 41.7 Å². The van der Waals surface area contributed by atoms with E-state index in [1.54, 1.807) is 0 Å². The lowest BCUT2D eigenvalue weighted by Crippen LogP contribution is -2.47. The number of amides is 1. The van der Waals surface area contributed by atoms with Gasteiger partial charge >= 0.3 is 0 Å². The Hall–Kier alpha value is -1.78.